The first-order chi connectivity index (χ1) is 18.5. The fourth-order valence-corrected chi connectivity index (χ4v) is 6.32. The van der Waals surface area contributed by atoms with Gasteiger partial charge in [-0.3, -0.25) is 4.90 Å². The normalized spacial score (nSPS) is 14.3. The minimum absolute atomic E-state index is 1.02. The predicted molar refractivity (Wildman–Crippen MR) is 164 cm³/mol. The van der Waals surface area contributed by atoms with Gasteiger partial charge in [0.05, 0.1) is 5.69 Å². The van der Waals surface area contributed by atoms with Crippen molar-refractivity contribution in [1.82, 2.24) is 9.80 Å². The fraction of sp³-hybridized carbons (Fsp3) is 0.303. The van der Waals surface area contributed by atoms with Crippen molar-refractivity contribution >= 4 is 44.6 Å². The monoisotopic (exact) mass is 523 g/mol. The Balaban J connectivity index is 1.67. The molecule has 0 fully saturated rings. The summed E-state index contributed by atoms with van der Waals surface area (Å²) in [6, 6.07) is 26.4. The Bertz CT molecular complexity index is 1470. The number of aryl methyl sites for hydroxylation is 2. The molecular weight excluding hydrogens is 484 g/mol. The first kappa shape index (κ1) is 26.2. The SMILES string of the molecule is CCCN(CCCN(C)C)C1=C/C(=C/c2sc3ccc(C)cc3[n+]2C)c2ccccc2N1c1ccccc1. The Hall–Kier alpha value is -3.41. The Kier molecular flexibility index (Phi) is 7.96. The van der Waals surface area contributed by atoms with Crippen LogP contribution in [-0.2, 0) is 7.05 Å². The summed E-state index contributed by atoms with van der Waals surface area (Å²) in [7, 11) is 6.50. The van der Waals surface area contributed by atoms with E-state index < -0.39 is 0 Å². The summed E-state index contributed by atoms with van der Waals surface area (Å²) in [6.45, 7) is 7.56. The fourth-order valence-electron chi connectivity index (χ4n) is 5.24. The molecule has 0 bridgehead atoms. The molecule has 0 N–H and O–H groups in total. The first-order valence-corrected chi connectivity index (χ1v) is 14.4. The summed E-state index contributed by atoms with van der Waals surface area (Å²) < 4.78 is 3.65. The number of thiazole rings is 1. The van der Waals surface area contributed by atoms with Gasteiger partial charge in [0.15, 0.2) is 0 Å². The minimum atomic E-state index is 1.02. The number of benzene rings is 3. The number of fused-ring (bicyclic) bond motifs is 2. The van der Waals surface area contributed by atoms with E-state index in [2.05, 4.69) is 139 Å². The van der Waals surface area contributed by atoms with Crippen LogP contribution in [0.4, 0.5) is 11.4 Å². The summed E-state index contributed by atoms with van der Waals surface area (Å²) in [6.07, 6.45) is 7.02. The van der Waals surface area contributed by atoms with Gasteiger partial charge in [0.25, 0.3) is 5.01 Å². The lowest BCUT2D eigenvalue weighted by Crippen LogP contribution is -2.37. The van der Waals surface area contributed by atoms with Crippen molar-refractivity contribution < 1.29 is 4.57 Å². The lowest BCUT2D eigenvalue weighted by atomic mass is 9.97. The highest BCUT2D eigenvalue weighted by Crippen LogP contribution is 2.42. The Morgan fingerprint density at radius 1 is 0.921 bits per heavy atom. The average Bonchev–Trinajstić information content (AvgIpc) is 3.22. The van der Waals surface area contributed by atoms with E-state index in [0.717, 1.165) is 32.5 Å². The van der Waals surface area contributed by atoms with Crippen LogP contribution in [0.3, 0.4) is 0 Å². The summed E-state index contributed by atoms with van der Waals surface area (Å²) in [5.74, 6) is 1.25. The lowest BCUT2D eigenvalue weighted by molar-refractivity contribution is -0.642. The predicted octanol–water partition coefficient (Wildman–Crippen LogP) is 7.23. The standard InChI is InChI=1S/C33H39N4S/c1-6-19-36(21-12-20-34(3)4)32-23-26(24-33-35(5)30-22-25(2)17-18-31(30)38-33)28-15-10-11-16-29(28)37(32)27-13-8-7-9-14-27/h7-11,13-18,22-24H,6,12,19-21H2,1-5H3/q+1. The molecule has 0 atom stereocenters. The number of hydrogen-bond acceptors (Lipinski definition) is 4. The van der Waals surface area contributed by atoms with Crippen molar-refractivity contribution in [3.8, 4) is 0 Å². The van der Waals surface area contributed by atoms with Gasteiger partial charge in [0.1, 0.15) is 17.6 Å². The van der Waals surface area contributed by atoms with Gasteiger partial charge in [-0.2, -0.15) is 4.57 Å². The van der Waals surface area contributed by atoms with Crippen molar-refractivity contribution in [2.75, 3.05) is 38.6 Å². The summed E-state index contributed by atoms with van der Waals surface area (Å²) in [5, 5.41) is 1.26. The lowest BCUT2D eigenvalue weighted by Gasteiger charge is -2.40. The van der Waals surface area contributed by atoms with E-state index in [4.69, 9.17) is 0 Å². The van der Waals surface area contributed by atoms with Crippen molar-refractivity contribution in [2.45, 2.75) is 26.7 Å². The van der Waals surface area contributed by atoms with Crippen LogP contribution in [0.25, 0.3) is 21.9 Å². The highest BCUT2D eigenvalue weighted by atomic mass is 32.1. The number of aromatic nitrogens is 1. The molecule has 196 valence electrons. The quantitative estimate of drug-likeness (QED) is 0.215. The van der Waals surface area contributed by atoms with Crippen LogP contribution < -0.4 is 9.47 Å². The van der Waals surface area contributed by atoms with Crippen LogP contribution in [0.2, 0.25) is 0 Å². The molecule has 0 aliphatic carbocycles. The maximum Gasteiger partial charge on any atom is 0.263 e. The van der Waals surface area contributed by atoms with Gasteiger partial charge in [0, 0.05) is 36.5 Å². The van der Waals surface area contributed by atoms with Gasteiger partial charge in [-0.05, 0) is 81.9 Å². The van der Waals surface area contributed by atoms with E-state index in [1.54, 1.807) is 0 Å². The first-order valence-electron chi connectivity index (χ1n) is 13.6. The largest absolute Gasteiger partial charge is 0.358 e. The average molecular weight is 524 g/mol. The Morgan fingerprint density at radius 3 is 2.45 bits per heavy atom. The van der Waals surface area contributed by atoms with Gasteiger partial charge in [-0.25, -0.2) is 0 Å². The maximum absolute atomic E-state index is 2.58. The van der Waals surface area contributed by atoms with Crippen molar-refractivity contribution in [3.05, 3.63) is 101 Å². The molecule has 0 radical (unpaired) electrons. The molecule has 0 amide bonds. The van der Waals surface area contributed by atoms with Crippen LogP contribution in [0, 0.1) is 6.92 Å². The summed E-state index contributed by atoms with van der Waals surface area (Å²) in [5.41, 5.74) is 7.53. The summed E-state index contributed by atoms with van der Waals surface area (Å²) >= 11 is 1.86. The van der Waals surface area contributed by atoms with Gasteiger partial charge >= 0.3 is 0 Å². The zero-order valence-electron chi connectivity index (χ0n) is 23.3. The number of allylic oxidation sites excluding steroid dienone is 2. The molecule has 1 aromatic heterocycles. The third-order valence-corrected chi connectivity index (χ3v) is 8.30. The molecule has 2 heterocycles. The second kappa shape index (κ2) is 11.5. The molecule has 0 unspecified atom stereocenters. The highest BCUT2D eigenvalue weighted by molar-refractivity contribution is 7.18. The molecule has 38 heavy (non-hydrogen) atoms. The van der Waals surface area contributed by atoms with E-state index in [1.807, 2.05) is 11.3 Å². The number of anilines is 2. The van der Waals surface area contributed by atoms with Crippen LogP contribution in [0.5, 0.6) is 0 Å². The minimum Gasteiger partial charge on any atom is -0.358 e. The third kappa shape index (κ3) is 5.40. The van der Waals surface area contributed by atoms with Gasteiger partial charge < -0.3 is 9.80 Å². The maximum atomic E-state index is 2.58. The van der Waals surface area contributed by atoms with Crippen LogP contribution >= 0.6 is 11.3 Å². The van der Waals surface area contributed by atoms with Crippen LogP contribution in [0.15, 0.2) is 84.7 Å². The summed E-state index contributed by atoms with van der Waals surface area (Å²) in [4.78, 5) is 7.30. The Labute approximate surface area is 231 Å². The number of nitrogens with zero attached hydrogens (tertiary/aromatic N) is 4. The number of hydrogen-bond donors (Lipinski definition) is 0. The topological polar surface area (TPSA) is 13.6 Å². The van der Waals surface area contributed by atoms with E-state index >= 15 is 0 Å². The molecule has 5 heteroatoms. The molecule has 4 nitrogen and oxygen atoms in total. The third-order valence-electron chi connectivity index (χ3n) is 7.13. The van der Waals surface area contributed by atoms with E-state index in [0.29, 0.717) is 0 Å². The molecular formula is C33H39N4S+. The van der Waals surface area contributed by atoms with Gasteiger partial charge in [-0.15, -0.1) is 0 Å². The molecule has 1 aliphatic rings. The molecule has 4 aromatic rings. The Morgan fingerprint density at radius 2 is 1.68 bits per heavy atom. The highest BCUT2D eigenvalue weighted by Gasteiger charge is 2.28. The molecule has 0 saturated carbocycles. The van der Waals surface area contributed by atoms with E-state index in [1.165, 1.54) is 49.1 Å². The number of rotatable bonds is 9. The molecule has 3 aromatic carbocycles. The molecule has 0 saturated heterocycles. The van der Waals surface area contributed by atoms with Crippen molar-refractivity contribution in [2.24, 2.45) is 7.05 Å². The molecule has 1 aliphatic heterocycles. The van der Waals surface area contributed by atoms with Crippen LogP contribution in [0.1, 0.15) is 35.9 Å². The van der Waals surface area contributed by atoms with Crippen molar-refractivity contribution in [1.29, 1.82) is 0 Å². The van der Waals surface area contributed by atoms with E-state index in [9.17, 15) is 0 Å². The molecule has 0 spiro atoms. The molecule has 5 rings (SSSR count). The zero-order valence-corrected chi connectivity index (χ0v) is 24.1. The van der Waals surface area contributed by atoms with Gasteiger partial charge in [-0.1, -0.05) is 60.7 Å². The number of para-hydroxylation sites is 2. The smallest absolute Gasteiger partial charge is 0.263 e. The van der Waals surface area contributed by atoms with Gasteiger partial charge in [0.2, 0.25) is 5.52 Å². The van der Waals surface area contributed by atoms with Crippen molar-refractivity contribution in [3.63, 3.8) is 0 Å². The zero-order chi connectivity index (χ0) is 26.6. The second-order valence-electron chi connectivity index (χ2n) is 10.4. The van der Waals surface area contributed by atoms with Crippen LogP contribution in [-0.4, -0.2) is 43.5 Å². The van der Waals surface area contributed by atoms with E-state index in [-0.39, 0.29) is 0 Å². The second-order valence-corrected chi connectivity index (χ2v) is 11.5.